The van der Waals surface area contributed by atoms with Gasteiger partial charge in [-0.15, -0.1) is 0 Å². The number of halogens is 1. The lowest BCUT2D eigenvalue weighted by molar-refractivity contribution is 0.266. The van der Waals surface area contributed by atoms with Crippen molar-refractivity contribution < 1.29 is 0 Å². The minimum absolute atomic E-state index is 0.713. The Morgan fingerprint density at radius 3 is 2.40 bits per heavy atom. The summed E-state index contributed by atoms with van der Waals surface area (Å²) in [5, 5.41) is 5.41. The van der Waals surface area contributed by atoms with E-state index in [4.69, 9.17) is 21.6 Å². The normalized spacial score (nSPS) is 17.8. The van der Waals surface area contributed by atoms with Crippen molar-refractivity contribution in [3.05, 3.63) is 47.2 Å². The molecule has 2 fully saturated rings. The number of pyridine rings is 1. The van der Waals surface area contributed by atoms with Gasteiger partial charge in [0.1, 0.15) is 5.82 Å². The lowest BCUT2D eigenvalue weighted by Crippen LogP contribution is -2.48. The van der Waals surface area contributed by atoms with Crippen molar-refractivity contribution in [3.8, 4) is 0 Å². The zero-order valence-corrected chi connectivity index (χ0v) is 21.5. The maximum Gasteiger partial charge on any atom is 0.227 e. The van der Waals surface area contributed by atoms with Gasteiger partial charge >= 0.3 is 0 Å². The van der Waals surface area contributed by atoms with E-state index >= 15 is 0 Å². The Balaban J connectivity index is 1.14. The Labute approximate surface area is 212 Å². The molecule has 0 amide bonds. The molecule has 1 N–H and O–H groups in total. The number of anilines is 3. The van der Waals surface area contributed by atoms with Gasteiger partial charge in [-0.25, -0.2) is 4.98 Å². The molecule has 9 heteroatoms. The molecular weight excluding hydrogens is 460 g/mol. The second kappa shape index (κ2) is 10.9. The summed E-state index contributed by atoms with van der Waals surface area (Å²) in [5.74, 6) is 1.94. The molecule has 0 atom stereocenters. The molecule has 4 heterocycles. The molecule has 0 saturated carbocycles. The van der Waals surface area contributed by atoms with Crippen molar-refractivity contribution in [3.63, 3.8) is 0 Å². The molecule has 0 spiro atoms. The number of rotatable bonds is 7. The van der Waals surface area contributed by atoms with Gasteiger partial charge in [-0.2, -0.15) is 4.98 Å². The first-order chi connectivity index (χ1) is 17.1. The Hall–Kier alpha value is -2.68. The van der Waals surface area contributed by atoms with Gasteiger partial charge in [0.15, 0.2) is 0 Å². The number of likely N-dealkylation sites (N-methyl/N-ethyl adjacent to an activating group) is 1. The van der Waals surface area contributed by atoms with Crippen molar-refractivity contribution in [1.82, 2.24) is 24.8 Å². The van der Waals surface area contributed by atoms with Gasteiger partial charge < -0.3 is 20.0 Å². The topological polar surface area (TPSA) is 63.7 Å². The third-order valence-corrected chi connectivity index (χ3v) is 7.31. The average molecular weight is 495 g/mol. The first-order valence-electron chi connectivity index (χ1n) is 12.7. The maximum atomic E-state index is 6.12. The number of nitrogens with zero attached hydrogens (tertiary/aromatic N) is 7. The maximum absolute atomic E-state index is 6.12. The number of piperazine rings is 2. The Morgan fingerprint density at radius 2 is 1.63 bits per heavy atom. The second-order valence-electron chi connectivity index (χ2n) is 9.36. The van der Waals surface area contributed by atoms with Crippen LogP contribution in [0.1, 0.15) is 12.6 Å². The zero-order chi connectivity index (χ0) is 24.2. The minimum Gasteiger partial charge on any atom is -0.383 e. The fourth-order valence-corrected chi connectivity index (χ4v) is 5.10. The van der Waals surface area contributed by atoms with E-state index in [-0.39, 0.29) is 0 Å². The zero-order valence-electron chi connectivity index (χ0n) is 20.8. The van der Waals surface area contributed by atoms with Gasteiger partial charge in [0.05, 0.1) is 5.52 Å². The van der Waals surface area contributed by atoms with Crippen molar-refractivity contribution >= 4 is 40.0 Å². The molecule has 0 aliphatic carbocycles. The van der Waals surface area contributed by atoms with Crippen LogP contribution in [0.5, 0.6) is 0 Å². The first-order valence-corrected chi connectivity index (χ1v) is 13.1. The lowest BCUT2D eigenvalue weighted by Gasteiger charge is -2.37. The summed E-state index contributed by atoms with van der Waals surface area (Å²) in [4.78, 5) is 23.9. The van der Waals surface area contributed by atoms with Crippen LogP contribution in [-0.2, 0) is 0 Å². The molecule has 186 valence electrons. The third kappa shape index (κ3) is 5.77. The van der Waals surface area contributed by atoms with Crippen LogP contribution in [0.15, 0.2) is 36.5 Å². The number of hydrogen-bond donors (Lipinski definition) is 1. The van der Waals surface area contributed by atoms with E-state index in [0.29, 0.717) is 5.02 Å². The van der Waals surface area contributed by atoms with Crippen LogP contribution in [0.4, 0.5) is 17.5 Å². The molecule has 2 aliphatic heterocycles. The quantitative estimate of drug-likeness (QED) is 0.536. The van der Waals surface area contributed by atoms with Crippen molar-refractivity contribution in [2.45, 2.75) is 13.8 Å². The predicted octanol–water partition coefficient (Wildman–Crippen LogP) is 3.36. The largest absolute Gasteiger partial charge is 0.383 e. The van der Waals surface area contributed by atoms with E-state index in [2.05, 4.69) is 49.8 Å². The van der Waals surface area contributed by atoms with Gasteiger partial charge in [-0.05, 0) is 37.7 Å². The molecule has 5 rings (SSSR count). The van der Waals surface area contributed by atoms with E-state index in [1.54, 1.807) is 0 Å². The van der Waals surface area contributed by atoms with Crippen LogP contribution in [0.25, 0.3) is 10.9 Å². The summed E-state index contributed by atoms with van der Waals surface area (Å²) in [6.45, 7) is 15.5. The number of nitrogens with one attached hydrogen (secondary N) is 1. The number of fused-ring (bicyclic) bond motifs is 1. The van der Waals surface area contributed by atoms with Crippen LogP contribution in [0, 0.1) is 6.92 Å². The van der Waals surface area contributed by atoms with Crippen molar-refractivity contribution in [1.29, 1.82) is 0 Å². The molecule has 1 aromatic carbocycles. The van der Waals surface area contributed by atoms with E-state index in [1.807, 2.05) is 30.5 Å². The molecule has 0 bridgehead atoms. The molecule has 35 heavy (non-hydrogen) atoms. The summed E-state index contributed by atoms with van der Waals surface area (Å²) < 4.78 is 0. The highest BCUT2D eigenvalue weighted by atomic mass is 35.5. The molecule has 0 radical (unpaired) electrons. The van der Waals surface area contributed by atoms with Crippen molar-refractivity contribution in [2.75, 3.05) is 87.1 Å². The van der Waals surface area contributed by atoms with Gasteiger partial charge in [0, 0.05) is 99.5 Å². The summed E-state index contributed by atoms with van der Waals surface area (Å²) in [6, 6.07) is 10.0. The third-order valence-electron chi connectivity index (χ3n) is 7.08. The average Bonchev–Trinajstić information content (AvgIpc) is 2.88. The standard InChI is InChI=1S/C26H35ClN8/c1-3-32-10-16-35(17-11-32)26-30-20(2)18-25(31-26)34-14-12-33(13-15-34)9-8-29-23-6-7-28-24-19-21(27)4-5-22(23)24/h4-7,18-19H,3,8-17H2,1-2H3,(H,28,29). The van der Waals surface area contributed by atoms with Crippen LogP contribution in [-0.4, -0.2) is 96.7 Å². The first kappa shape index (κ1) is 24.0. The highest BCUT2D eigenvalue weighted by Crippen LogP contribution is 2.24. The monoisotopic (exact) mass is 494 g/mol. The van der Waals surface area contributed by atoms with Crippen LogP contribution in [0.2, 0.25) is 5.02 Å². The smallest absolute Gasteiger partial charge is 0.227 e. The fourth-order valence-electron chi connectivity index (χ4n) is 4.93. The lowest BCUT2D eigenvalue weighted by atomic mass is 10.2. The molecule has 2 aromatic heterocycles. The summed E-state index contributed by atoms with van der Waals surface area (Å²) >= 11 is 6.12. The molecule has 2 aliphatic rings. The molecule has 0 unspecified atom stereocenters. The fraction of sp³-hybridized carbons (Fsp3) is 0.500. The van der Waals surface area contributed by atoms with E-state index in [1.165, 1.54) is 0 Å². The van der Waals surface area contributed by atoms with Crippen LogP contribution >= 0.6 is 11.6 Å². The van der Waals surface area contributed by atoms with E-state index in [0.717, 1.165) is 106 Å². The Bertz CT molecular complexity index is 1140. The van der Waals surface area contributed by atoms with E-state index in [9.17, 15) is 0 Å². The summed E-state index contributed by atoms with van der Waals surface area (Å²) in [7, 11) is 0. The van der Waals surface area contributed by atoms with E-state index < -0.39 is 0 Å². The summed E-state index contributed by atoms with van der Waals surface area (Å²) in [5.41, 5.74) is 3.07. The number of benzene rings is 1. The SMILES string of the molecule is CCN1CCN(c2nc(C)cc(N3CCN(CCNc4ccnc5cc(Cl)ccc45)CC3)n2)CC1. The Kier molecular flexibility index (Phi) is 7.51. The van der Waals surface area contributed by atoms with Gasteiger partial charge in [0.2, 0.25) is 5.95 Å². The second-order valence-corrected chi connectivity index (χ2v) is 9.80. The molecule has 3 aromatic rings. The molecule has 8 nitrogen and oxygen atoms in total. The summed E-state index contributed by atoms with van der Waals surface area (Å²) in [6.07, 6.45) is 1.83. The molecule has 2 saturated heterocycles. The Morgan fingerprint density at radius 1 is 0.886 bits per heavy atom. The van der Waals surface area contributed by atoms with Gasteiger partial charge in [0.25, 0.3) is 0 Å². The molecular formula is C26H35ClN8. The van der Waals surface area contributed by atoms with Crippen LogP contribution < -0.4 is 15.1 Å². The number of aryl methyl sites for hydroxylation is 1. The number of aromatic nitrogens is 3. The minimum atomic E-state index is 0.713. The number of hydrogen-bond acceptors (Lipinski definition) is 8. The highest BCUT2D eigenvalue weighted by Gasteiger charge is 2.22. The highest BCUT2D eigenvalue weighted by molar-refractivity contribution is 6.31. The van der Waals surface area contributed by atoms with Crippen molar-refractivity contribution in [2.24, 2.45) is 0 Å². The van der Waals surface area contributed by atoms with Crippen LogP contribution in [0.3, 0.4) is 0 Å². The predicted molar refractivity (Wildman–Crippen MR) is 145 cm³/mol. The van der Waals surface area contributed by atoms with Gasteiger partial charge in [-0.3, -0.25) is 9.88 Å². The van der Waals surface area contributed by atoms with Gasteiger partial charge in [-0.1, -0.05) is 18.5 Å².